The van der Waals surface area contributed by atoms with Crippen LogP contribution in [0, 0.1) is 0 Å². The lowest BCUT2D eigenvalue weighted by atomic mass is 10.1. The van der Waals surface area contributed by atoms with Crippen molar-refractivity contribution < 1.29 is 19.1 Å². The van der Waals surface area contributed by atoms with Crippen LogP contribution in [0.25, 0.3) is 0 Å². The molecule has 32 heavy (non-hydrogen) atoms. The molecule has 8 heteroatoms. The summed E-state index contributed by atoms with van der Waals surface area (Å²) in [5.74, 6) is -0.730. The summed E-state index contributed by atoms with van der Waals surface area (Å²) in [5, 5.41) is 6.04. The van der Waals surface area contributed by atoms with Crippen LogP contribution in [-0.2, 0) is 9.53 Å². The van der Waals surface area contributed by atoms with Gasteiger partial charge in [0.15, 0.2) is 0 Å². The van der Waals surface area contributed by atoms with Gasteiger partial charge >= 0.3 is 0 Å². The van der Waals surface area contributed by atoms with E-state index in [0.29, 0.717) is 53.6 Å². The Bertz CT molecular complexity index is 1010. The van der Waals surface area contributed by atoms with Crippen LogP contribution in [0.1, 0.15) is 52.8 Å². The summed E-state index contributed by atoms with van der Waals surface area (Å²) in [4.78, 5) is 40.1. The Labute approximate surface area is 192 Å². The van der Waals surface area contributed by atoms with E-state index < -0.39 is 12.0 Å². The van der Waals surface area contributed by atoms with Gasteiger partial charge < -0.3 is 20.3 Å². The summed E-state index contributed by atoms with van der Waals surface area (Å²) >= 11 is 6.15. The molecule has 0 bridgehead atoms. The first-order chi connectivity index (χ1) is 15.5. The van der Waals surface area contributed by atoms with E-state index in [1.165, 1.54) is 0 Å². The molecule has 0 aliphatic carbocycles. The van der Waals surface area contributed by atoms with Crippen LogP contribution in [0.15, 0.2) is 42.5 Å². The Morgan fingerprint density at radius 2 is 1.78 bits per heavy atom. The molecule has 0 saturated carbocycles. The Kier molecular flexibility index (Phi) is 7.07. The second-order valence-electron chi connectivity index (χ2n) is 8.07. The predicted molar refractivity (Wildman–Crippen MR) is 123 cm³/mol. The number of carbonyl (C=O) groups is 3. The van der Waals surface area contributed by atoms with Crippen LogP contribution in [0.2, 0.25) is 5.02 Å². The van der Waals surface area contributed by atoms with Crippen molar-refractivity contribution in [2.45, 2.75) is 38.2 Å². The third-order valence-corrected chi connectivity index (χ3v) is 5.95. The van der Waals surface area contributed by atoms with Crippen molar-refractivity contribution >= 4 is 40.7 Å². The Hall–Kier alpha value is -2.90. The molecular formula is C24H26ClN3O4. The second-order valence-corrected chi connectivity index (χ2v) is 8.51. The summed E-state index contributed by atoms with van der Waals surface area (Å²) in [6.45, 7) is 2.00. The first-order valence-corrected chi connectivity index (χ1v) is 11.3. The zero-order valence-corrected chi connectivity index (χ0v) is 18.5. The SMILES string of the molecule is O=C(Nc1cc(Cl)ccc1C(=O)N1CCCCC1)c1cccc(NC(=O)[C@@H]2CCCO2)c1. The number of hydrogen-bond donors (Lipinski definition) is 2. The van der Waals surface area contributed by atoms with Crippen LogP contribution in [-0.4, -0.2) is 48.4 Å². The first kappa shape index (κ1) is 22.3. The number of piperidine rings is 1. The third kappa shape index (κ3) is 5.29. The summed E-state index contributed by atoms with van der Waals surface area (Å²) in [7, 11) is 0. The predicted octanol–water partition coefficient (Wildman–Crippen LogP) is 4.34. The number of hydrogen-bond acceptors (Lipinski definition) is 4. The van der Waals surface area contributed by atoms with E-state index in [1.54, 1.807) is 42.5 Å². The average Bonchev–Trinajstić information content (AvgIpc) is 3.35. The minimum absolute atomic E-state index is 0.116. The van der Waals surface area contributed by atoms with Crippen molar-refractivity contribution in [1.29, 1.82) is 0 Å². The van der Waals surface area contributed by atoms with Crippen molar-refractivity contribution in [2.24, 2.45) is 0 Å². The second kappa shape index (κ2) is 10.1. The molecule has 2 aliphatic rings. The Morgan fingerprint density at radius 3 is 2.53 bits per heavy atom. The molecule has 2 aliphatic heterocycles. The van der Waals surface area contributed by atoms with Gasteiger partial charge in [0.1, 0.15) is 6.10 Å². The van der Waals surface area contributed by atoms with Crippen molar-refractivity contribution in [2.75, 3.05) is 30.3 Å². The van der Waals surface area contributed by atoms with Gasteiger partial charge in [0.25, 0.3) is 17.7 Å². The highest BCUT2D eigenvalue weighted by Crippen LogP contribution is 2.25. The lowest BCUT2D eigenvalue weighted by Crippen LogP contribution is -2.36. The molecule has 2 heterocycles. The number of nitrogens with zero attached hydrogens (tertiary/aromatic N) is 1. The smallest absolute Gasteiger partial charge is 0.255 e. The molecule has 0 aromatic heterocycles. The van der Waals surface area contributed by atoms with Gasteiger partial charge in [-0.05, 0) is 68.5 Å². The van der Waals surface area contributed by atoms with Crippen LogP contribution < -0.4 is 10.6 Å². The fraction of sp³-hybridized carbons (Fsp3) is 0.375. The molecule has 2 fully saturated rings. The zero-order chi connectivity index (χ0) is 22.5. The minimum Gasteiger partial charge on any atom is -0.368 e. The number of rotatable bonds is 5. The van der Waals surface area contributed by atoms with E-state index in [0.717, 1.165) is 25.7 Å². The van der Waals surface area contributed by atoms with Crippen molar-refractivity contribution in [1.82, 2.24) is 4.90 Å². The number of halogens is 1. The quantitative estimate of drug-likeness (QED) is 0.702. The number of nitrogens with one attached hydrogen (secondary N) is 2. The maximum absolute atomic E-state index is 13.0. The van der Waals surface area contributed by atoms with Gasteiger partial charge in [-0.15, -0.1) is 0 Å². The number of carbonyl (C=O) groups excluding carboxylic acids is 3. The van der Waals surface area contributed by atoms with E-state index in [9.17, 15) is 14.4 Å². The first-order valence-electron chi connectivity index (χ1n) is 10.9. The van der Waals surface area contributed by atoms with Crippen molar-refractivity contribution in [3.63, 3.8) is 0 Å². The van der Waals surface area contributed by atoms with Crippen LogP contribution in [0.4, 0.5) is 11.4 Å². The summed E-state index contributed by atoms with van der Waals surface area (Å²) in [5.41, 5.74) is 1.64. The summed E-state index contributed by atoms with van der Waals surface area (Å²) < 4.78 is 5.40. The highest BCUT2D eigenvalue weighted by atomic mass is 35.5. The highest BCUT2D eigenvalue weighted by Gasteiger charge is 2.24. The van der Waals surface area contributed by atoms with E-state index in [2.05, 4.69) is 10.6 Å². The van der Waals surface area contributed by atoms with Gasteiger partial charge in [-0.2, -0.15) is 0 Å². The van der Waals surface area contributed by atoms with Crippen LogP contribution in [0.3, 0.4) is 0 Å². The number of amides is 3. The fourth-order valence-electron chi connectivity index (χ4n) is 4.01. The van der Waals surface area contributed by atoms with Crippen molar-refractivity contribution in [3.8, 4) is 0 Å². The molecule has 2 saturated heterocycles. The number of anilines is 2. The van der Waals surface area contributed by atoms with Crippen LogP contribution in [0.5, 0.6) is 0 Å². The van der Waals surface area contributed by atoms with E-state index in [4.69, 9.17) is 16.3 Å². The molecule has 3 amide bonds. The van der Waals surface area contributed by atoms with Gasteiger partial charge in [0, 0.05) is 36.0 Å². The van der Waals surface area contributed by atoms with Gasteiger partial charge in [0.2, 0.25) is 0 Å². The average molecular weight is 456 g/mol. The number of likely N-dealkylation sites (tertiary alicyclic amines) is 1. The zero-order valence-electron chi connectivity index (χ0n) is 17.7. The molecule has 0 unspecified atom stereocenters. The lowest BCUT2D eigenvalue weighted by molar-refractivity contribution is -0.124. The van der Waals surface area contributed by atoms with Gasteiger partial charge in [-0.25, -0.2) is 0 Å². The molecular weight excluding hydrogens is 430 g/mol. The van der Waals surface area contributed by atoms with Gasteiger partial charge in [0.05, 0.1) is 11.3 Å². The van der Waals surface area contributed by atoms with Gasteiger partial charge in [-0.3, -0.25) is 14.4 Å². The Morgan fingerprint density at radius 1 is 0.969 bits per heavy atom. The highest BCUT2D eigenvalue weighted by molar-refractivity contribution is 6.31. The van der Waals surface area contributed by atoms with E-state index in [-0.39, 0.29) is 11.8 Å². The van der Waals surface area contributed by atoms with Crippen LogP contribution >= 0.6 is 11.6 Å². The molecule has 1 atom stereocenters. The van der Waals surface area contributed by atoms with E-state index >= 15 is 0 Å². The molecule has 4 rings (SSSR count). The monoisotopic (exact) mass is 455 g/mol. The molecule has 0 radical (unpaired) electrons. The van der Waals surface area contributed by atoms with E-state index in [1.807, 2.05) is 4.90 Å². The third-order valence-electron chi connectivity index (χ3n) is 5.72. The molecule has 0 spiro atoms. The molecule has 2 aromatic rings. The fourth-order valence-corrected chi connectivity index (χ4v) is 4.19. The van der Waals surface area contributed by atoms with Gasteiger partial charge in [-0.1, -0.05) is 17.7 Å². The normalized spacial score (nSPS) is 18.3. The largest absolute Gasteiger partial charge is 0.368 e. The maximum atomic E-state index is 13.0. The molecule has 2 aromatic carbocycles. The maximum Gasteiger partial charge on any atom is 0.255 e. The molecule has 2 N–H and O–H groups in total. The summed E-state index contributed by atoms with van der Waals surface area (Å²) in [6.07, 6.45) is 4.17. The molecule has 7 nitrogen and oxygen atoms in total. The Balaban J connectivity index is 1.49. The number of ether oxygens (including phenoxy) is 1. The number of benzene rings is 2. The summed E-state index contributed by atoms with van der Waals surface area (Å²) in [6, 6.07) is 11.5. The standard InChI is InChI=1S/C24H26ClN3O4/c25-17-9-10-19(24(31)28-11-2-1-3-12-28)20(15-17)27-22(29)16-6-4-7-18(14-16)26-23(30)21-8-5-13-32-21/h4,6-7,9-10,14-15,21H,1-3,5,8,11-13H2,(H,26,30)(H,27,29)/t21-/m0/s1. The lowest BCUT2D eigenvalue weighted by Gasteiger charge is -2.27. The molecule has 168 valence electrons. The minimum atomic E-state index is -0.456. The van der Waals surface area contributed by atoms with Crippen molar-refractivity contribution in [3.05, 3.63) is 58.6 Å². The topological polar surface area (TPSA) is 87.7 Å².